The molecule has 0 atom stereocenters. The van der Waals surface area contributed by atoms with E-state index < -0.39 is 5.97 Å². The van der Waals surface area contributed by atoms with Gasteiger partial charge in [0.05, 0.1) is 10.9 Å². The first-order valence-corrected chi connectivity index (χ1v) is 9.56. The molecule has 28 heavy (non-hydrogen) atoms. The molecule has 0 aliphatic carbocycles. The number of aryl methyl sites for hydroxylation is 1. The summed E-state index contributed by atoms with van der Waals surface area (Å²) in [4.78, 5) is 29.4. The summed E-state index contributed by atoms with van der Waals surface area (Å²) in [6.07, 6.45) is 3.99. The summed E-state index contributed by atoms with van der Waals surface area (Å²) in [6, 6.07) is 14.6. The van der Waals surface area contributed by atoms with Gasteiger partial charge >= 0.3 is 5.97 Å². The molecular formula is C22H22N2O4. The van der Waals surface area contributed by atoms with E-state index in [0.717, 1.165) is 37.1 Å². The van der Waals surface area contributed by atoms with Crippen LogP contribution < -0.4 is 10.3 Å². The molecule has 6 heteroatoms. The number of hydrogen-bond donors (Lipinski definition) is 0. The molecule has 6 nitrogen and oxygen atoms in total. The van der Waals surface area contributed by atoms with Crippen molar-refractivity contribution in [2.45, 2.75) is 38.8 Å². The topological polar surface area (TPSA) is 70.4 Å². The first-order chi connectivity index (χ1) is 13.7. The molecule has 3 aromatic rings. The Hall–Kier alpha value is -3.15. The van der Waals surface area contributed by atoms with Crippen molar-refractivity contribution in [3.05, 3.63) is 70.3 Å². The lowest BCUT2D eigenvalue weighted by Crippen LogP contribution is -2.24. The molecule has 0 fully saturated rings. The number of ether oxygens (including phenoxy) is 2. The van der Waals surface area contributed by atoms with Gasteiger partial charge in [-0.15, -0.1) is 0 Å². The van der Waals surface area contributed by atoms with E-state index in [4.69, 9.17) is 9.47 Å². The van der Waals surface area contributed by atoms with Crippen LogP contribution in [0.3, 0.4) is 0 Å². The molecule has 0 amide bonds. The Labute approximate surface area is 162 Å². The van der Waals surface area contributed by atoms with Crippen molar-refractivity contribution in [1.82, 2.24) is 9.55 Å². The van der Waals surface area contributed by atoms with Gasteiger partial charge in [0.15, 0.2) is 6.61 Å². The smallest absolute Gasteiger partial charge is 0.344 e. The number of benzene rings is 2. The number of hydrogen-bond acceptors (Lipinski definition) is 5. The van der Waals surface area contributed by atoms with Crippen LogP contribution in [-0.2, 0) is 29.1 Å². The number of carbonyl (C=O) groups excluding carboxylic acids is 1. The maximum atomic E-state index is 12.9. The highest BCUT2D eigenvalue weighted by Gasteiger charge is 2.14. The Balaban J connectivity index is 1.45. The van der Waals surface area contributed by atoms with Crippen LogP contribution in [0.2, 0.25) is 0 Å². The number of fused-ring (bicyclic) bond motifs is 2. The highest BCUT2D eigenvalue weighted by atomic mass is 16.6. The first-order valence-electron chi connectivity index (χ1n) is 9.56. The molecule has 1 aliphatic rings. The summed E-state index contributed by atoms with van der Waals surface area (Å²) in [5, 5.41) is 0.515. The number of aromatic nitrogens is 2. The predicted molar refractivity (Wildman–Crippen MR) is 105 cm³/mol. The quantitative estimate of drug-likeness (QED) is 0.638. The molecule has 2 aromatic carbocycles. The SMILES string of the molecule is O=C(COc1ccc2nc3n(c(=O)c2c1)CCCCC3)OCc1ccccc1. The monoisotopic (exact) mass is 378 g/mol. The molecular weight excluding hydrogens is 356 g/mol. The molecule has 0 saturated carbocycles. The van der Waals surface area contributed by atoms with Crippen LogP contribution in [0.15, 0.2) is 53.3 Å². The van der Waals surface area contributed by atoms with Gasteiger partial charge in [0.25, 0.3) is 5.56 Å². The van der Waals surface area contributed by atoms with Crippen molar-refractivity contribution in [3.8, 4) is 5.75 Å². The fourth-order valence-corrected chi connectivity index (χ4v) is 3.41. The molecule has 0 spiro atoms. The Bertz CT molecular complexity index is 1040. The maximum absolute atomic E-state index is 12.9. The van der Waals surface area contributed by atoms with E-state index in [1.54, 1.807) is 22.8 Å². The Morgan fingerprint density at radius 1 is 1.07 bits per heavy atom. The number of carbonyl (C=O) groups is 1. The van der Waals surface area contributed by atoms with E-state index in [1.165, 1.54) is 0 Å². The standard InChI is InChI=1S/C22H22N2O4/c25-21(28-14-16-7-3-1-4-8-16)15-27-17-10-11-19-18(13-17)22(26)24-12-6-2-5-9-20(24)23-19/h1,3-4,7-8,10-11,13H,2,5-6,9,12,14-15H2. The molecule has 0 bridgehead atoms. The second-order valence-corrected chi connectivity index (χ2v) is 6.91. The van der Waals surface area contributed by atoms with Crippen molar-refractivity contribution in [1.29, 1.82) is 0 Å². The summed E-state index contributed by atoms with van der Waals surface area (Å²) in [6.45, 7) is 0.699. The lowest BCUT2D eigenvalue weighted by molar-refractivity contribution is -0.147. The molecule has 0 radical (unpaired) electrons. The third kappa shape index (κ3) is 4.06. The van der Waals surface area contributed by atoms with Crippen LogP contribution in [0.5, 0.6) is 5.75 Å². The molecule has 1 aromatic heterocycles. The fourth-order valence-electron chi connectivity index (χ4n) is 3.41. The zero-order valence-electron chi connectivity index (χ0n) is 15.6. The third-order valence-corrected chi connectivity index (χ3v) is 4.89. The molecule has 1 aliphatic heterocycles. The van der Waals surface area contributed by atoms with Gasteiger partial charge < -0.3 is 9.47 Å². The number of nitrogens with zero attached hydrogens (tertiary/aromatic N) is 2. The molecule has 4 rings (SSSR count). The van der Waals surface area contributed by atoms with Gasteiger partial charge in [-0.2, -0.15) is 0 Å². The van der Waals surface area contributed by atoms with Crippen molar-refractivity contribution in [3.63, 3.8) is 0 Å². The summed E-state index contributed by atoms with van der Waals surface area (Å²) >= 11 is 0. The van der Waals surface area contributed by atoms with Gasteiger partial charge in [-0.25, -0.2) is 9.78 Å². The molecule has 0 N–H and O–H groups in total. The van der Waals surface area contributed by atoms with Gasteiger partial charge in [-0.1, -0.05) is 36.8 Å². The summed E-state index contributed by atoms with van der Waals surface area (Å²) < 4.78 is 12.5. The van der Waals surface area contributed by atoms with Crippen LogP contribution >= 0.6 is 0 Å². The fraction of sp³-hybridized carbons (Fsp3) is 0.318. The van der Waals surface area contributed by atoms with E-state index in [0.29, 0.717) is 23.2 Å². The second kappa shape index (κ2) is 8.25. The van der Waals surface area contributed by atoms with Gasteiger partial charge in [-0.05, 0) is 36.6 Å². The molecule has 144 valence electrons. The molecule has 0 unspecified atom stereocenters. The van der Waals surface area contributed by atoms with Crippen LogP contribution in [0.25, 0.3) is 10.9 Å². The average molecular weight is 378 g/mol. The van der Waals surface area contributed by atoms with Gasteiger partial charge in [0.1, 0.15) is 18.2 Å². The third-order valence-electron chi connectivity index (χ3n) is 4.89. The average Bonchev–Trinajstić information content (AvgIpc) is 2.97. The van der Waals surface area contributed by atoms with E-state index in [2.05, 4.69) is 4.98 Å². The minimum atomic E-state index is -0.458. The lowest BCUT2D eigenvalue weighted by atomic mass is 10.2. The number of esters is 1. The Morgan fingerprint density at radius 2 is 1.93 bits per heavy atom. The van der Waals surface area contributed by atoms with Crippen LogP contribution in [0, 0.1) is 0 Å². The predicted octanol–water partition coefficient (Wildman–Crippen LogP) is 3.25. The number of rotatable bonds is 5. The minimum Gasteiger partial charge on any atom is -0.482 e. The highest BCUT2D eigenvalue weighted by molar-refractivity contribution is 5.79. The largest absolute Gasteiger partial charge is 0.482 e. The zero-order chi connectivity index (χ0) is 19.3. The van der Waals surface area contributed by atoms with Crippen LogP contribution in [-0.4, -0.2) is 22.1 Å². The van der Waals surface area contributed by atoms with Crippen molar-refractivity contribution in [2.24, 2.45) is 0 Å². The normalized spacial score (nSPS) is 13.6. The van der Waals surface area contributed by atoms with E-state index in [9.17, 15) is 9.59 Å². The Morgan fingerprint density at radius 3 is 2.79 bits per heavy atom. The highest BCUT2D eigenvalue weighted by Crippen LogP contribution is 2.19. The first kappa shape index (κ1) is 18.2. The summed E-state index contributed by atoms with van der Waals surface area (Å²) in [5.74, 6) is 0.853. The van der Waals surface area contributed by atoms with Gasteiger partial charge in [-0.3, -0.25) is 9.36 Å². The maximum Gasteiger partial charge on any atom is 0.344 e. The lowest BCUT2D eigenvalue weighted by Gasteiger charge is -2.11. The van der Waals surface area contributed by atoms with Crippen molar-refractivity contribution in [2.75, 3.05) is 6.61 Å². The van der Waals surface area contributed by atoms with Crippen molar-refractivity contribution >= 4 is 16.9 Å². The minimum absolute atomic E-state index is 0.0426. The summed E-state index contributed by atoms with van der Waals surface area (Å²) in [5.41, 5.74) is 1.54. The Kier molecular flexibility index (Phi) is 5.37. The van der Waals surface area contributed by atoms with Crippen LogP contribution in [0.1, 0.15) is 30.7 Å². The van der Waals surface area contributed by atoms with E-state index in [-0.39, 0.29) is 18.8 Å². The van der Waals surface area contributed by atoms with E-state index in [1.807, 2.05) is 30.3 Å². The van der Waals surface area contributed by atoms with Gasteiger partial charge in [0.2, 0.25) is 0 Å². The second-order valence-electron chi connectivity index (χ2n) is 6.91. The molecule has 2 heterocycles. The summed E-state index contributed by atoms with van der Waals surface area (Å²) in [7, 11) is 0. The molecule has 0 saturated heterocycles. The van der Waals surface area contributed by atoms with E-state index >= 15 is 0 Å². The van der Waals surface area contributed by atoms with Gasteiger partial charge in [0, 0.05) is 13.0 Å². The van der Waals surface area contributed by atoms with Crippen molar-refractivity contribution < 1.29 is 14.3 Å². The zero-order valence-corrected chi connectivity index (χ0v) is 15.6. The van der Waals surface area contributed by atoms with Crippen LogP contribution in [0.4, 0.5) is 0 Å².